The summed E-state index contributed by atoms with van der Waals surface area (Å²) in [6, 6.07) is 1.98. The van der Waals surface area contributed by atoms with Crippen molar-refractivity contribution in [2.45, 2.75) is 26.3 Å². The van der Waals surface area contributed by atoms with Crippen LogP contribution in [0.3, 0.4) is 0 Å². The highest BCUT2D eigenvalue weighted by molar-refractivity contribution is 7.99. The minimum Gasteiger partial charge on any atom is -0.369 e. The highest BCUT2D eigenvalue weighted by atomic mass is 32.2. The molecule has 5 heteroatoms. The second kappa shape index (κ2) is 4.80. The Kier molecular flexibility index (Phi) is 3.16. The molecular formula is C13H18N4S. The average Bonchev–Trinajstić information content (AvgIpc) is 2.70. The van der Waals surface area contributed by atoms with Gasteiger partial charge in [-0.15, -0.1) is 0 Å². The zero-order chi connectivity index (χ0) is 12.5. The fourth-order valence-corrected chi connectivity index (χ4v) is 3.73. The minimum absolute atomic E-state index is 0.602. The van der Waals surface area contributed by atoms with Crippen molar-refractivity contribution in [3.63, 3.8) is 0 Å². The Bertz CT molecular complexity index is 557. The number of fused-ring (bicyclic) bond motifs is 1. The van der Waals surface area contributed by atoms with Gasteiger partial charge in [0, 0.05) is 12.7 Å². The minimum atomic E-state index is 0.602. The fourth-order valence-electron chi connectivity index (χ4n) is 2.52. The molecular weight excluding hydrogens is 244 g/mol. The average molecular weight is 262 g/mol. The largest absolute Gasteiger partial charge is 0.369 e. The van der Waals surface area contributed by atoms with Crippen LogP contribution in [0.1, 0.15) is 18.4 Å². The number of hydrogen-bond donors (Lipinski definition) is 1. The summed E-state index contributed by atoms with van der Waals surface area (Å²) in [5.41, 5.74) is 9.07. The third-order valence-electron chi connectivity index (χ3n) is 3.65. The van der Waals surface area contributed by atoms with Gasteiger partial charge >= 0.3 is 0 Å². The molecule has 4 nitrogen and oxygen atoms in total. The third kappa shape index (κ3) is 2.07. The SMILES string of the molecule is Cc1ccnc2c1nc(N)n2CC1CCSCC1. The van der Waals surface area contributed by atoms with Gasteiger partial charge in [0.1, 0.15) is 5.52 Å². The molecule has 18 heavy (non-hydrogen) atoms. The molecule has 2 aromatic rings. The lowest BCUT2D eigenvalue weighted by Crippen LogP contribution is -2.17. The van der Waals surface area contributed by atoms with Crippen LogP contribution in [0.15, 0.2) is 12.3 Å². The van der Waals surface area contributed by atoms with Crippen LogP contribution in [0.4, 0.5) is 5.95 Å². The van der Waals surface area contributed by atoms with Crippen molar-refractivity contribution >= 4 is 28.9 Å². The lowest BCUT2D eigenvalue weighted by Gasteiger charge is -2.22. The molecule has 0 radical (unpaired) electrons. The Balaban J connectivity index is 1.95. The molecule has 1 fully saturated rings. The van der Waals surface area contributed by atoms with E-state index in [4.69, 9.17) is 5.73 Å². The monoisotopic (exact) mass is 262 g/mol. The summed E-state index contributed by atoms with van der Waals surface area (Å²) in [6.45, 7) is 3.01. The van der Waals surface area contributed by atoms with Crippen molar-refractivity contribution in [2.75, 3.05) is 17.2 Å². The van der Waals surface area contributed by atoms with E-state index in [2.05, 4.69) is 21.5 Å². The van der Waals surface area contributed by atoms with Gasteiger partial charge in [-0.25, -0.2) is 9.97 Å². The van der Waals surface area contributed by atoms with Crippen LogP contribution in [0, 0.1) is 12.8 Å². The molecule has 0 aromatic carbocycles. The molecule has 1 aliphatic heterocycles. The van der Waals surface area contributed by atoms with Crippen molar-refractivity contribution in [1.29, 1.82) is 0 Å². The van der Waals surface area contributed by atoms with E-state index in [9.17, 15) is 0 Å². The summed E-state index contributed by atoms with van der Waals surface area (Å²) in [6.07, 6.45) is 4.39. The Morgan fingerprint density at radius 3 is 3.00 bits per heavy atom. The highest BCUT2D eigenvalue weighted by Gasteiger charge is 2.18. The molecule has 2 N–H and O–H groups in total. The van der Waals surface area contributed by atoms with Crippen LogP contribution < -0.4 is 5.73 Å². The predicted octanol–water partition coefficient (Wildman–Crippen LogP) is 2.47. The molecule has 0 atom stereocenters. The van der Waals surface area contributed by atoms with Gasteiger partial charge in [-0.1, -0.05) is 0 Å². The first kappa shape index (κ1) is 11.8. The van der Waals surface area contributed by atoms with Crippen LogP contribution in [0.5, 0.6) is 0 Å². The molecule has 96 valence electrons. The summed E-state index contributed by atoms with van der Waals surface area (Å²) in [4.78, 5) is 8.89. The van der Waals surface area contributed by atoms with Crippen molar-refractivity contribution in [1.82, 2.24) is 14.5 Å². The van der Waals surface area contributed by atoms with Gasteiger partial charge in [-0.05, 0) is 48.8 Å². The summed E-state index contributed by atoms with van der Waals surface area (Å²) in [7, 11) is 0. The summed E-state index contributed by atoms with van der Waals surface area (Å²) >= 11 is 2.05. The molecule has 0 unspecified atom stereocenters. The third-order valence-corrected chi connectivity index (χ3v) is 4.70. The normalized spacial score (nSPS) is 17.4. The number of anilines is 1. The molecule has 3 heterocycles. The van der Waals surface area contributed by atoms with E-state index < -0.39 is 0 Å². The second-order valence-corrected chi connectivity index (χ2v) is 6.16. The first-order valence-electron chi connectivity index (χ1n) is 6.41. The smallest absolute Gasteiger partial charge is 0.202 e. The number of nitrogens with zero attached hydrogens (tertiary/aromatic N) is 3. The van der Waals surface area contributed by atoms with E-state index in [1.807, 2.05) is 24.0 Å². The Morgan fingerprint density at radius 1 is 1.44 bits per heavy atom. The van der Waals surface area contributed by atoms with Gasteiger partial charge in [0.05, 0.1) is 0 Å². The molecule has 1 saturated heterocycles. The van der Waals surface area contributed by atoms with Crippen molar-refractivity contribution in [3.05, 3.63) is 17.8 Å². The van der Waals surface area contributed by atoms with Crippen LogP contribution in [0.25, 0.3) is 11.2 Å². The molecule has 1 aliphatic rings. The van der Waals surface area contributed by atoms with E-state index >= 15 is 0 Å². The van der Waals surface area contributed by atoms with E-state index in [0.717, 1.165) is 23.3 Å². The van der Waals surface area contributed by atoms with Gasteiger partial charge in [-0.3, -0.25) is 4.57 Å². The maximum Gasteiger partial charge on any atom is 0.202 e. The van der Waals surface area contributed by atoms with Gasteiger partial charge in [0.25, 0.3) is 0 Å². The first-order chi connectivity index (χ1) is 8.75. The number of aryl methyl sites for hydroxylation is 1. The molecule has 3 rings (SSSR count). The van der Waals surface area contributed by atoms with Crippen molar-refractivity contribution in [2.24, 2.45) is 5.92 Å². The number of pyridine rings is 1. The molecule has 0 bridgehead atoms. The zero-order valence-electron chi connectivity index (χ0n) is 10.6. The molecule has 0 aliphatic carbocycles. The van der Waals surface area contributed by atoms with E-state index in [1.54, 1.807) is 0 Å². The quantitative estimate of drug-likeness (QED) is 0.903. The number of nitrogens with two attached hydrogens (primary N) is 1. The summed E-state index contributed by atoms with van der Waals surface area (Å²) in [5.74, 6) is 3.85. The lowest BCUT2D eigenvalue weighted by molar-refractivity contribution is 0.424. The number of imidazole rings is 1. The molecule has 2 aromatic heterocycles. The van der Waals surface area contributed by atoms with Gasteiger partial charge in [0.15, 0.2) is 5.65 Å². The van der Waals surface area contributed by atoms with E-state index in [0.29, 0.717) is 11.9 Å². The molecule has 0 amide bonds. The first-order valence-corrected chi connectivity index (χ1v) is 7.56. The number of hydrogen-bond acceptors (Lipinski definition) is 4. The van der Waals surface area contributed by atoms with Crippen LogP contribution >= 0.6 is 11.8 Å². The second-order valence-electron chi connectivity index (χ2n) is 4.94. The number of nitrogen functional groups attached to an aromatic ring is 1. The zero-order valence-corrected chi connectivity index (χ0v) is 11.4. The van der Waals surface area contributed by atoms with Crippen molar-refractivity contribution in [3.8, 4) is 0 Å². The van der Waals surface area contributed by atoms with Crippen LogP contribution in [0.2, 0.25) is 0 Å². The highest BCUT2D eigenvalue weighted by Crippen LogP contribution is 2.27. The lowest BCUT2D eigenvalue weighted by atomic mass is 10.0. The van der Waals surface area contributed by atoms with Gasteiger partial charge < -0.3 is 5.73 Å². The Labute approximate surface area is 111 Å². The van der Waals surface area contributed by atoms with Crippen molar-refractivity contribution < 1.29 is 0 Å². The van der Waals surface area contributed by atoms with E-state index in [1.165, 1.54) is 24.3 Å². The summed E-state index contributed by atoms with van der Waals surface area (Å²) < 4.78 is 2.09. The summed E-state index contributed by atoms with van der Waals surface area (Å²) in [5, 5.41) is 0. The molecule has 0 spiro atoms. The Morgan fingerprint density at radius 2 is 2.22 bits per heavy atom. The maximum atomic E-state index is 6.05. The fraction of sp³-hybridized carbons (Fsp3) is 0.538. The molecule has 0 saturated carbocycles. The van der Waals surface area contributed by atoms with E-state index in [-0.39, 0.29) is 0 Å². The topological polar surface area (TPSA) is 56.7 Å². The van der Waals surface area contributed by atoms with Crippen LogP contribution in [-0.2, 0) is 6.54 Å². The maximum absolute atomic E-state index is 6.05. The standard InChI is InChI=1S/C13H18N4S/c1-9-2-5-15-12-11(9)16-13(14)17(12)8-10-3-6-18-7-4-10/h2,5,10H,3-4,6-8H2,1H3,(H2,14,16). The van der Waals surface area contributed by atoms with Gasteiger partial charge in [0.2, 0.25) is 5.95 Å². The number of aromatic nitrogens is 3. The predicted molar refractivity (Wildman–Crippen MR) is 76.7 cm³/mol. The Hall–Kier alpha value is -1.23. The van der Waals surface area contributed by atoms with Gasteiger partial charge in [-0.2, -0.15) is 11.8 Å². The number of thioether (sulfide) groups is 1. The number of rotatable bonds is 2. The van der Waals surface area contributed by atoms with Crippen LogP contribution in [-0.4, -0.2) is 26.0 Å².